The summed E-state index contributed by atoms with van der Waals surface area (Å²) in [6, 6.07) is 16.2. The number of para-hydroxylation sites is 1. The molecule has 6 heteroatoms. The number of carbonyl (C=O) groups is 3. The fourth-order valence-corrected chi connectivity index (χ4v) is 3.27. The largest absolute Gasteiger partial charge is 0.481 e. The second-order valence-electron chi connectivity index (χ2n) is 6.70. The number of rotatable bonds is 6. The van der Waals surface area contributed by atoms with Crippen molar-refractivity contribution in [3.8, 4) is 0 Å². The average molecular weight is 378 g/mol. The Balaban J connectivity index is 1.71. The van der Waals surface area contributed by atoms with E-state index in [-0.39, 0.29) is 11.8 Å². The van der Waals surface area contributed by atoms with Crippen LogP contribution in [0.1, 0.15) is 28.8 Å². The lowest BCUT2D eigenvalue weighted by Crippen LogP contribution is -2.35. The van der Waals surface area contributed by atoms with Crippen LogP contribution in [0.5, 0.6) is 0 Å². The van der Waals surface area contributed by atoms with E-state index in [0.717, 1.165) is 5.56 Å². The SMILES string of the molecule is O=C(NCc1ccccc1)c1ccccc1NC(=O)[C@@H]1CC=CC[C@H]1C(=O)O. The Hall–Kier alpha value is -3.41. The van der Waals surface area contributed by atoms with Gasteiger partial charge in [0.1, 0.15) is 0 Å². The first-order valence-electron chi connectivity index (χ1n) is 9.16. The lowest BCUT2D eigenvalue weighted by atomic mass is 9.82. The quantitative estimate of drug-likeness (QED) is 0.673. The maximum Gasteiger partial charge on any atom is 0.307 e. The van der Waals surface area contributed by atoms with Gasteiger partial charge >= 0.3 is 5.97 Å². The molecule has 0 fully saturated rings. The molecule has 2 aromatic rings. The van der Waals surface area contributed by atoms with Crippen molar-refractivity contribution in [2.45, 2.75) is 19.4 Å². The van der Waals surface area contributed by atoms with E-state index >= 15 is 0 Å². The number of carbonyl (C=O) groups excluding carboxylic acids is 2. The molecular weight excluding hydrogens is 356 g/mol. The number of anilines is 1. The molecule has 0 bridgehead atoms. The summed E-state index contributed by atoms with van der Waals surface area (Å²) in [5.74, 6) is -3.11. The first-order valence-corrected chi connectivity index (χ1v) is 9.16. The fraction of sp³-hybridized carbons (Fsp3) is 0.227. The van der Waals surface area contributed by atoms with E-state index in [1.165, 1.54) is 0 Å². The van der Waals surface area contributed by atoms with Crippen molar-refractivity contribution in [2.24, 2.45) is 11.8 Å². The zero-order valence-corrected chi connectivity index (χ0v) is 15.3. The summed E-state index contributed by atoms with van der Waals surface area (Å²) in [5, 5.41) is 15.0. The Morgan fingerprint density at radius 1 is 0.893 bits per heavy atom. The molecule has 0 radical (unpaired) electrons. The van der Waals surface area contributed by atoms with Crippen molar-refractivity contribution in [3.05, 3.63) is 77.9 Å². The normalized spacial score (nSPS) is 18.3. The molecule has 0 aliphatic heterocycles. The van der Waals surface area contributed by atoms with Gasteiger partial charge in [0.05, 0.1) is 23.1 Å². The lowest BCUT2D eigenvalue weighted by molar-refractivity contribution is -0.146. The molecule has 2 aromatic carbocycles. The molecule has 3 rings (SSSR count). The van der Waals surface area contributed by atoms with Gasteiger partial charge in [-0.05, 0) is 30.5 Å². The Kier molecular flexibility index (Phi) is 6.22. The van der Waals surface area contributed by atoms with E-state index in [9.17, 15) is 19.5 Å². The van der Waals surface area contributed by atoms with Crippen LogP contribution in [0.3, 0.4) is 0 Å². The fourth-order valence-electron chi connectivity index (χ4n) is 3.27. The van der Waals surface area contributed by atoms with Gasteiger partial charge in [0.2, 0.25) is 5.91 Å². The predicted molar refractivity (Wildman–Crippen MR) is 106 cm³/mol. The first-order chi connectivity index (χ1) is 13.6. The van der Waals surface area contributed by atoms with Gasteiger partial charge in [0.25, 0.3) is 5.91 Å². The van der Waals surface area contributed by atoms with Crippen molar-refractivity contribution in [3.63, 3.8) is 0 Å². The molecule has 0 spiro atoms. The number of nitrogens with one attached hydrogen (secondary N) is 2. The molecule has 0 saturated carbocycles. The number of allylic oxidation sites excluding steroid dienone is 2. The van der Waals surface area contributed by atoms with Gasteiger partial charge in [-0.3, -0.25) is 14.4 Å². The van der Waals surface area contributed by atoms with Crippen LogP contribution in [0, 0.1) is 11.8 Å². The molecule has 28 heavy (non-hydrogen) atoms. The Morgan fingerprint density at radius 3 is 2.25 bits per heavy atom. The highest BCUT2D eigenvalue weighted by Gasteiger charge is 2.34. The van der Waals surface area contributed by atoms with Gasteiger partial charge in [-0.25, -0.2) is 0 Å². The lowest BCUT2D eigenvalue weighted by Gasteiger charge is -2.24. The summed E-state index contributed by atoms with van der Waals surface area (Å²) in [7, 11) is 0. The topological polar surface area (TPSA) is 95.5 Å². The van der Waals surface area contributed by atoms with Crippen molar-refractivity contribution in [1.82, 2.24) is 5.32 Å². The van der Waals surface area contributed by atoms with Crippen molar-refractivity contribution in [2.75, 3.05) is 5.32 Å². The minimum Gasteiger partial charge on any atom is -0.481 e. The van der Waals surface area contributed by atoms with Crippen molar-refractivity contribution >= 4 is 23.5 Å². The highest BCUT2D eigenvalue weighted by molar-refractivity contribution is 6.04. The molecule has 0 heterocycles. The van der Waals surface area contributed by atoms with E-state index in [1.54, 1.807) is 30.3 Å². The molecule has 1 aliphatic carbocycles. The number of carboxylic acids is 1. The summed E-state index contributed by atoms with van der Waals surface area (Å²) in [4.78, 5) is 36.7. The van der Waals surface area contributed by atoms with Gasteiger partial charge in [0, 0.05) is 6.54 Å². The van der Waals surface area contributed by atoms with E-state index in [0.29, 0.717) is 30.6 Å². The summed E-state index contributed by atoms with van der Waals surface area (Å²) in [5.41, 5.74) is 1.68. The zero-order chi connectivity index (χ0) is 19.9. The van der Waals surface area contributed by atoms with Crippen LogP contribution < -0.4 is 10.6 Å². The maximum atomic E-state index is 12.7. The number of amides is 2. The van der Waals surface area contributed by atoms with Crippen LogP contribution in [-0.4, -0.2) is 22.9 Å². The molecule has 0 aromatic heterocycles. The van der Waals surface area contributed by atoms with Gasteiger partial charge in [-0.15, -0.1) is 0 Å². The molecule has 1 aliphatic rings. The number of benzene rings is 2. The molecule has 3 N–H and O–H groups in total. The van der Waals surface area contributed by atoms with E-state index in [2.05, 4.69) is 10.6 Å². The van der Waals surface area contributed by atoms with E-state index in [4.69, 9.17) is 0 Å². The van der Waals surface area contributed by atoms with Crippen LogP contribution >= 0.6 is 0 Å². The number of hydrogen-bond donors (Lipinski definition) is 3. The monoisotopic (exact) mass is 378 g/mol. The number of aliphatic carboxylic acids is 1. The molecule has 0 unspecified atom stereocenters. The third-order valence-electron chi connectivity index (χ3n) is 4.81. The molecule has 2 amide bonds. The second kappa shape index (κ2) is 8.99. The molecular formula is C22H22N2O4. The summed E-state index contributed by atoms with van der Waals surface area (Å²) in [6.07, 6.45) is 4.30. The number of carboxylic acid groups (broad SMARTS) is 1. The van der Waals surface area contributed by atoms with Crippen LogP contribution in [0.15, 0.2) is 66.7 Å². The molecule has 6 nitrogen and oxygen atoms in total. The summed E-state index contributed by atoms with van der Waals surface area (Å²) < 4.78 is 0. The molecule has 2 atom stereocenters. The minimum atomic E-state index is -0.988. The zero-order valence-electron chi connectivity index (χ0n) is 15.3. The predicted octanol–water partition coefficient (Wildman–Crippen LogP) is 3.22. The van der Waals surface area contributed by atoms with Crippen LogP contribution in [0.4, 0.5) is 5.69 Å². The summed E-state index contributed by atoms with van der Waals surface area (Å²) in [6.45, 7) is 0.371. The standard InChI is InChI=1S/C22H22N2O4/c25-20(23-14-15-8-2-1-3-9-15)18-12-6-7-13-19(18)24-21(26)16-10-4-5-11-17(16)22(27)28/h1-9,12-13,16-17H,10-11,14H2,(H,23,25)(H,24,26)(H,27,28)/t16-,17-/m1/s1. The van der Waals surface area contributed by atoms with E-state index < -0.39 is 17.8 Å². The number of hydrogen-bond acceptors (Lipinski definition) is 3. The highest BCUT2D eigenvalue weighted by atomic mass is 16.4. The van der Waals surface area contributed by atoms with Crippen molar-refractivity contribution < 1.29 is 19.5 Å². The second-order valence-corrected chi connectivity index (χ2v) is 6.70. The Bertz CT molecular complexity index is 892. The molecule has 0 saturated heterocycles. The smallest absolute Gasteiger partial charge is 0.307 e. The third kappa shape index (κ3) is 4.65. The highest BCUT2D eigenvalue weighted by Crippen LogP contribution is 2.28. The first kappa shape index (κ1) is 19.4. The van der Waals surface area contributed by atoms with Gasteiger partial charge in [-0.2, -0.15) is 0 Å². The average Bonchev–Trinajstić information content (AvgIpc) is 2.73. The van der Waals surface area contributed by atoms with Gasteiger partial charge in [-0.1, -0.05) is 54.6 Å². The van der Waals surface area contributed by atoms with Crippen LogP contribution in [-0.2, 0) is 16.1 Å². The Labute approximate surface area is 163 Å². The minimum absolute atomic E-state index is 0.307. The van der Waals surface area contributed by atoms with Gasteiger partial charge in [0.15, 0.2) is 0 Å². The van der Waals surface area contributed by atoms with Gasteiger partial charge < -0.3 is 15.7 Å². The third-order valence-corrected chi connectivity index (χ3v) is 4.81. The van der Waals surface area contributed by atoms with Crippen molar-refractivity contribution in [1.29, 1.82) is 0 Å². The molecule has 144 valence electrons. The maximum absolute atomic E-state index is 12.7. The van der Waals surface area contributed by atoms with E-state index in [1.807, 2.05) is 36.4 Å². The Morgan fingerprint density at radius 2 is 1.54 bits per heavy atom. The van der Waals surface area contributed by atoms with Crippen LogP contribution in [0.2, 0.25) is 0 Å². The van der Waals surface area contributed by atoms with Crippen LogP contribution in [0.25, 0.3) is 0 Å². The summed E-state index contributed by atoms with van der Waals surface area (Å²) >= 11 is 0.